The van der Waals surface area contributed by atoms with Gasteiger partial charge in [-0.1, -0.05) is 17.7 Å². The SMILES string of the molecule is CC(C)=C(S)CN(C)Cc1ccc(OC(C)(C)C=O)c(C)c1. The fourth-order valence-corrected chi connectivity index (χ4v) is 2.25. The average molecular weight is 321 g/mol. The molecule has 0 amide bonds. The Balaban J connectivity index is 2.77. The summed E-state index contributed by atoms with van der Waals surface area (Å²) in [7, 11) is 2.08. The molecule has 0 bridgehead atoms. The summed E-state index contributed by atoms with van der Waals surface area (Å²) >= 11 is 4.51. The van der Waals surface area contributed by atoms with Crippen molar-refractivity contribution < 1.29 is 9.53 Å². The number of allylic oxidation sites excluding steroid dienone is 1. The highest BCUT2D eigenvalue weighted by molar-refractivity contribution is 7.84. The van der Waals surface area contributed by atoms with Crippen molar-refractivity contribution in [1.29, 1.82) is 0 Å². The lowest BCUT2D eigenvalue weighted by molar-refractivity contribution is -0.119. The third-order valence-electron chi connectivity index (χ3n) is 3.35. The molecule has 0 saturated carbocycles. The molecular weight excluding hydrogens is 294 g/mol. The van der Waals surface area contributed by atoms with Crippen LogP contribution < -0.4 is 4.74 Å². The second kappa shape index (κ2) is 7.84. The van der Waals surface area contributed by atoms with Crippen molar-refractivity contribution in [1.82, 2.24) is 4.90 Å². The second-order valence-corrected chi connectivity index (χ2v) is 7.08. The molecular formula is C18H27NO2S. The van der Waals surface area contributed by atoms with Crippen molar-refractivity contribution in [3.63, 3.8) is 0 Å². The van der Waals surface area contributed by atoms with Crippen molar-refractivity contribution in [3.05, 3.63) is 39.8 Å². The number of carbonyl (C=O) groups excluding carboxylic acids is 1. The van der Waals surface area contributed by atoms with Gasteiger partial charge in [0.1, 0.15) is 5.75 Å². The van der Waals surface area contributed by atoms with Gasteiger partial charge in [0.15, 0.2) is 11.9 Å². The predicted octanol–water partition coefficient (Wildman–Crippen LogP) is 4.01. The predicted molar refractivity (Wildman–Crippen MR) is 95.6 cm³/mol. The molecule has 0 unspecified atom stereocenters. The van der Waals surface area contributed by atoms with Crippen LogP contribution in [0.2, 0.25) is 0 Å². The van der Waals surface area contributed by atoms with Crippen LogP contribution in [0.4, 0.5) is 0 Å². The lowest BCUT2D eigenvalue weighted by Crippen LogP contribution is -2.30. The topological polar surface area (TPSA) is 29.5 Å². The maximum atomic E-state index is 11.0. The fraction of sp³-hybridized carbons (Fsp3) is 0.500. The van der Waals surface area contributed by atoms with Crippen LogP contribution >= 0.6 is 12.6 Å². The van der Waals surface area contributed by atoms with Crippen LogP contribution in [-0.4, -0.2) is 30.4 Å². The summed E-state index contributed by atoms with van der Waals surface area (Å²) in [6.45, 7) is 11.3. The minimum absolute atomic E-state index is 0.752. The van der Waals surface area contributed by atoms with E-state index in [1.807, 2.05) is 19.1 Å². The van der Waals surface area contributed by atoms with E-state index in [9.17, 15) is 4.79 Å². The molecule has 0 N–H and O–H groups in total. The number of rotatable bonds is 7. The van der Waals surface area contributed by atoms with Crippen LogP contribution in [0.5, 0.6) is 5.75 Å². The Bertz CT molecular complexity index is 560. The fourth-order valence-electron chi connectivity index (χ4n) is 2.01. The van der Waals surface area contributed by atoms with Gasteiger partial charge in [0.2, 0.25) is 0 Å². The molecule has 0 fully saturated rings. The quantitative estimate of drug-likeness (QED) is 0.608. The molecule has 0 heterocycles. The van der Waals surface area contributed by atoms with Gasteiger partial charge < -0.3 is 4.74 Å². The first-order valence-corrected chi connectivity index (χ1v) is 7.88. The molecule has 0 aromatic heterocycles. The van der Waals surface area contributed by atoms with E-state index in [2.05, 4.69) is 44.5 Å². The molecule has 0 aliphatic carbocycles. The van der Waals surface area contributed by atoms with Crippen LogP contribution in [-0.2, 0) is 11.3 Å². The number of hydrogen-bond acceptors (Lipinski definition) is 4. The third-order valence-corrected chi connectivity index (χ3v) is 3.93. The average Bonchev–Trinajstić information content (AvgIpc) is 2.41. The summed E-state index contributed by atoms with van der Waals surface area (Å²) in [5.74, 6) is 0.752. The molecule has 0 aliphatic rings. The van der Waals surface area contributed by atoms with Gasteiger partial charge in [-0.2, -0.15) is 0 Å². The van der Waals surface area contributed by atoms with Crippen LogP contribution in [0.1, 0.15) is 38.8 Å². The maximum Gasteiger partial charge on any atom is 0.162 e. The van der Waals surface area contributed by atoms with Crippen molar-refractivity contribution in [2.45, 2.75) is 46.8 Å². The van der Waals surface area contributed by atoms with Crippen LogP contribution in [0.3, 0.4) is 0 Å². The van der Waals surface area contributed by atoms with Gasteiger partial charge in [-0.3, -0.25) is 9.69 Å². The normalized spacial score (nSPS) is 11.5. The number of ether oxygens (including phenoxy) is 1. The van der Waals surface area contributed by atoms with Crippen molar-refractivity contribution >= 4 is 18.9 Å². The Morgan fingerprint density at radius 3 is 2.50 bits per heavy atom. The zero-order valence-corrected chi connectivity index (χ0v) is 15.3. The highest BCUT2D eigenvalue weighted by Gasteiger charge is 2.19. The number of likely N-dealkylation sites (N-methyl/N-ethyl adjacent to an activating group) is 1. The summed E-state index contributed by atoms with van der Waals surface area (Å²) in [6.07, 6.45) is 0.821. The Kier molecular flexibility index (Phi) is 6.69. The van der Waals surface area contributed by atoms with Gasteiger partial charge in [-0.25, -0.2) is 0 Å². The van der Waals surface area contributed by atoms with Gasteiger partial charge >= 0.3 is 0 Å². The van der Waals surface area contributed by atoms with Crippen LogP contribution in [0, 0.1) is 6.92 Å². The zero-order chi connectivity index (χ0) is 16.9. The number of nitrogens with zero attached hydrogens (tertiary/aromatic N) is 1. The summed E-state index contributed by atoms with van der Waals surface area (Å²) in [4.78, 5) is 14.3. The molecule has 1 aromatic carbocycles. The molecule has 3 nitrogen and oxygen atoms in total. The Morgan fingerprint density at radius 1 is 1.36 bits per heavy atom. The number of hydrogen-bond donors (Lipinski definition) is 1. The highest BCUT2D eigenvalue weighted by Crippen LogP contribution is 2.24. The van der Waals surface area contributed by atoms with Crippen molar-refractivity contribution in [3.8, 4) is 5.75 Å². The molecule has 4 heteroatoms. The summed E-state index contributed by atoms with van der Waals surface area (Å²) in [6, 6.07) is 6.08. The van der Waals surface area contributed by atoms with Crippen molar-refractivity contribution in [2.75, 3.05) is 13.6 Å². The number of carbonyl (C=O) groups is 1. The van der Waals surface area contributed by atoms with E-state index in [0.29, 0.717) is 0 Å². The molecule has 22 heavy (non-hydrogen) atoms. The van der Waals surface area contributed by atoms with Gasteiger partial charge in [-0.05, 0) is 63.8 Å². The smallest absolute Gasteiger partial charge is 0.162 e. The second-order valence-electron chi connectivity index (χ2n) is 6.54. The first-order valence-electron chi connectivity index (χ1n) is 7.43. The van der Waals surface area contributed by atoms with E-state index in [0.717, 1.165) is 35.6 Å². The highest BCUT2D eigenvalue weighted by atomic mass is 32.1. The van der Waals surface area contributed by atoms with Gasteiger partial charge in [0.25, 0.3) is 0 Å². The number of aryl methyl sites for hydroxylation is 1. The number of aldehydes is 1. The molecule has 1 aromatic rings. The number of thiol groups is 1. The monoisotopic (exact) mass is 321 g/mol. The van der Waals surface area contributed by atoms with Gasteiger partial charge in [0, 0.05) is 13.1 Å². The van der Waals surface area contributed by atoms with E-state index in [4.69, 9.17) is 4.74 Å². The zero-order valence-electron chi connectivity index (χ0n) is 14.4. The lowest BCUT2D eigenvalue weighted by Gasteiger charge is -2.22. The lowest BCUT2D eigenvalue weighted by atomic mass is 10.1. The molecule has 0 atom stereocenters. The Labute approximate surface area is 139 Å². The summed E-state index contributed by atoms with van der Waals surface area (Å²) in [5, 5.41) is 0. The Hall–Kier alpha value is -1.26. The largest absolute Gasteiger partial charge is 0.480 e. The van der Waals surface area contributed by atoms with Crippen molar-refractivity contribution in [2.24, 2.45) is 0 Å². The summed E-state index contributed by atoms with van der Waals surface area (Å²) in [5.41, 5.74) is 2.69. The third kappa shape index (κ3) is 5.85. The standard InChI is InChI=1S/C18H27NO2S/c1-13(2)17(22)11-19(6)10-15-7-8-16(14(3)9-15)21-18(4,5)12-20/h7-9,12,22H,10-11H2,1-6H3. The Morgan fingerprint density at radius 2 is 2.00 bits per heavy atom. The van der Waals surface area contributed by atoms with Crippen LogP contribution in [0.25, 0.3) is 0 Å². The van der Waals surface area contributed by atoms with E-state index in [1.54, 1.807) is 13.8 Å². The van der Waals surface area contributed by atoms with Gasteiger partial charge in [-0.15, -0.1) is 12.6 Å². The van der Waals surface area contributed by atoms with E-state index >= 15 is 0 Å². The molecule has 0 saturated heterocycles. The van der Waals surface area contributed by atoms with E-state index in [1.165, 1.54) is 11.1 Å². The first-order chi connectivity index (χ1) is 10.1. The molecule has 122 valence electrons. The van der Waals surface area contributed by atoms with Crippen LogP contribution in [0.15, 0.2) is 28.7 Å². The molecule has 0 aliphatic heterocycles. The van der Waals surface area contributed by atoms with Gasteiger partial charge in [0.05, 0.1) is 0 Å². The minimum atomic E-state index is -0.798. The number of benzene rings is 1. The molecule has 0 radical (unpaired) electrons. The molecule has 1 rings (SSSR count). The maximum absolute atomic E-state index is 11.0. The first kappa shape index (κ1) is 18.8. The van der Waals surface area contributed by atoms with E-state index in [-0.39, 0.29) is 0 Å². The molecule has 0 spiro atoms. The van der Waals surface area contributed by atoms with E-state index < -0.39 is 5.60 Å². The minimum Gasteiger partial charge on any atom is -0.480 e. The summed E-state index contributed by atoms with van der Waals surface area (Å²) < 4.78 is 5.74.